The molecule has 1 heterocycles. The molecule has 112 valence electrons. The van der Waals surface area contributed by atoms with Crippen LogP contribution in [0.3, 0.4) is 0 Å². The highest BCUT2D eigenvalue weighted by Crippen LogP contribution is 2.18. The van der Waals surface area contributed by atoms with Gasteiger partial charge in [-0.1, -0.05) is 0 Å². The zero-order chi connectivity index (χ0) is 15.6. The van der Waals surface area contributed by atoms with Gasteiger partial charge in [-0.25, -0.2) is 0 Å². The van der Waals surface area contributed by atoms with Crippen LogP contribution < -0.4 is 5.32 Å². The molecule has 2 atom stereocenters. The molecular formula is C13H15N3O5. The van der Waals surface area contributed by atoms with Gasteiger partial charge in [0.2, 0.25) is 11.8 Å². The topological polar surface area (TPSA) is 113 Å². The molecule has 1 aromatic carbocycles. The Morgan fingerprint density at radius 2 is 2.05 bits per heavy atom. The molecule has 0 spiro atoms. The third-order valence-electron chi connectivity index (χ3n) is 3.43. The number of rotatable bonds is 5. The maximum Gasteiger partial charge on any atom is 0.269 e. The van der Waals surface area contributed by atoms with E-state index in [2.05, 4.69) is 5.32 Å². The third-order valence-corrected chi connectivity index (χ3v) is 3.43. The first kappa shape index (κ1) is 15.1. The summed E-state index contributed by atoms with van der Waals surface area (Å²) in [5, 5.41) is 23.4. The second kappa shape index (κ2) is 5.98. The number of aliphatic hydroxyl groups excluding tert-OH is 1. The number of carbonyl (C=O) groups excluding carboxylic acids is 2. The molecule has 2 rings (SSSR count). The Bertz CT molecular complexity index is 572. The summed E-state index contributed by atoms with van der Waals surface area (Å²) in [7, 11) is 1.42. The number of likely N-dealkylation sites (tertiary alicyclic amines) is 1. The second-order valence-corrected chi connectivity index (χ2v) is 4.82. The molecule has 2 N–H and O–H groups in total. The van der Waals surface area contributed by atoms with E-state index < -0.39 is 17.1 Å². The molecule has 0 saturated carbocycles. The maximum absolute atomic E-state index is 11.7. The van der Waals surface area contributed by atoms with Crippen molar-refractivity contribution in [3.63, 3.8) is 0 Å². The number of amides is 2. The Morgan fingerprint density at radius 1 is 1.43 bits per heavy atom. The van der Waals surface area contributed by atoms with Crippen molar-refractivity contribution in [1.29, 1.82) is 0 Å². The Labute approximate surface area is 120 Å². The van der Waals surface area contributed by atoms with E-state index in [1.54, 1.807) is 0 Å². The minimum Gasteiger partial charge on any atom is -0.387 e. The van der Waals surface area contributed by atoms with E-state index >= 15 is 0 Å². The monoisotopic (exact) mass is 293 g/mol. The SMILES string of the molecule is CN1C(=O)CC(NCC(O)c2ccc([N+](=O)[O-])cc2)C1=O. The molecule has 2 amide bonds. The summed E-state index contributed by atoms with van der Waals surface area (Å²) in [6.45, 7) is 0.0787. The molecule has 1 fully saturated rings. The van der Waals surface area contributed by atoms with Gasteiger partial charge in [-0.05, 0) is 17.7 Å². The Hall–Kier alpha value is -2.32. The van der Waals surface area contributed by atoms with E-state index in [-0.39, 0.29) is 30.5 Å². The van der Waals surface area contributed by atoms with Gasteiger partial charge in [0.1, 0.15) is 0 Å². The molecule has 2 unspecified atom stereocenters. The number of likely N-dealkylation sites (N-methyl/N-ethyl adjacent to an activating group) is 1. The summed E-state index contributed by atoms with van der Waals surface area (Å²) in [5.74, 6) is -0.585. The minimum absolute atomic E-state index is 0.0582. The van der Waals surface area contributed by atoms with Gasteiger partial charge in [0.25, 0.3) is 5.69 Å². The van der Waals surface area contributed by atoms with Crippen molar-refractivity contribution < 1.29 is 19.6 Å². The zero-order valence-corrected chi connectivity index (χ0v) is 11.4. The average Bonchev–Trinajstić information content (AvgIpc) is 2.72. The van der Waals surface area contributed by atoms with E-state index in [0.717, 1.165) is 4.90 Å². The lowest BCUT2D eigenvalue weighted by molar-refractivity contribution is -0.384. The highest BCUT2D eigenvalue weighted by Gasteiger charge is 2.35. The van der Waals surface area contributed by atoms with Crippen LogP contribution in [0.1, 0.15) is 18.1 Å². The number of benzene rings is 1. The number of aliphatic hydroxyl groups is 1. The van der Waals surface area contributed by atoms with Crippen LogP contribution in [0.15, 0.2) is 24.3 Å². The van der Waals surface area contributed by atoms with Crippen LogP contribution in [0.5, 0.6) is 0 Å². The molecule has 8 heteroatoms. The lowest BCUT2D eigenvalue weighted by Gasteiger charge is -2.15. The van der Waals surface area contributed by atoms with Gasteiger partial charge in [-0.15, -0.1) is 0 Å². The van der Waals surface area contributed by atoms with Crippen molar-refractivity contribution in [2.75, 3.05) is 13.6 Å². The number of nitro groups is 1. The molecular weight excluding hydrogens is 278 g/mol. The lowest BCUT2D eigenvalue weighted by Crippen LogP contribution is -2.39. The maximum atomic E-state index is 11.7. The number of hydrogen-bond donors (Lipinski definition) is 2. The van der Waals surface area contributed by atoms with Crippen molar-refractivity contribution in [2.24, 2.45) is 0 Å². The predicted octanol–water partition coefficient (Wildman–Crippen LogP) is -0.0249. The van der Waals surface area contributed by atoms with Crippen molar-refractivity contribution >= 4 is 17.5 Å². The highest BCUT2D eigenvalue weighted by atomic mass is 16.6. The summed E-state index contributed by atoms with van der Waals surface area (Å²) in [6.07, 6.45) is -0.845. The van der Waals surface area contributed by atoms with E-state index in [4.69, 9.17) is 0 Å². The largest absolute Gasteiger partial charge is 0.387 e. The molecule has 0 aromatic heterocycles. The summed E-state index contributed by atoms with van der Waals surface area (Å²) < 4.78 is 0. The predicted molar refractivity (Wildman–Crippen MR) is 72.2 cm³/mol. The molecule has 8 nitrogen and oxygen atoms in total. The first-order valence-electron chi connectivity index (χ1n) is 6.36. The van der Waals surface area contributed by atoms with Gasteiger partial charge in [0.15, 0.2) is 0 Å². The molecule has 21 heavy (non-hydrogen) atoms. The lowest BCUT2D eigenvalue weighted by atomic mass is 10.1. The first-order chi connectivity index (χ1) is 9.90. The summed E-state index contributed by atoms with van der Waals surface area (Å²) in [4.78, 5) is 34.1. The average molecular weight is 293 g/mol. The number of carbonyl (C=O) groups is 2. The van der Waals surface area contributed by atoms with Crippen LogP contribution >= 0.6 is 0 Å². The van der Waals surface area contributed by atoms with E-state index in [1.807, 2.05) is 0 Å². The van der Waals surface area contributed by atoms with E-state index in [9.17, 15) is 24.8 Å². The van der Waals surface area contributed by atoms with Crippen molar-refractivity contribution in [1.82, 2.24) is 10.2 Å². The van der Waals surface area contributed by atoms with Gasteiger partial charge in [0, 0.05) is 25.7 Å². The Balaban J connectivity index is 1.93. The van der Waals surface area contributed by atoms with Crippen LogP contribution in [-0.4, -0.2) is 46.4 Å². The number of non-ortho nitro benzene ring substituents is 1. The number of nitrogens with one attached hydrogen (secondary N) is 1. The minimum atomic E-state index is -0.917. The number of nitrogens with zero attached hydrogens (tertiary/aromatic N) is 2. The number of imide groups is 1. The molecule has 1 aromatic rings. The smallest absolute Gasteiger partial charge is 0.269 e. The number of nitro benzene ring substituents is 1. The second-order valence-electron chi connectivity index (χ2n) is 4.82. The van der Waals surface area contributed by atoms with Gasteiger partial charge < -0.3 is 10.4 Å². The molecule has 0 radical (unpaired) electrons. The third kappa shape index (κ3) is 3.23. The van der Waals surface area contributed by atoms with Crippen molar-refractivity contribution in [3.8, 4) is 0 Å². The summed E-state index contributed by atoms with van der Waals surface area (Å²) >= 11 is 0. The van der Waals surface area contributed by atoms with Crippen LogP contribution in [0.4, 0.5) is 5.69 Å². The molecule has 1 aliphatic heterocycles. The Kier molecular flexibility index (Phi) is 4.29. The van der Waals surface area contributed by atoms with Gasteiger partial charge in [0.05, 0.1) is 23.5 Å². The quantitative estimate of drug-likeness (QED) is 0.448. The van der Waals surface area contributed by atoms with E-state index in [1.165, 1.54) is 31.3 Å². The highest BCUT2D eigenvalue weighted by molar-refractivity contribution is 6.05. The van der Waals surface area contributed by atoms with Gasteiger partial charge in [-0.3, -0.25) is 24.6 Å². The fourth-order valence-corrected chi connectivity index (χ4v) is 2.10. The van der Waals surface area contributed by atoms with Crippen molar-refractivity contribution in [2.45, 2.75) is 18.6 Å². The Morgan fingerprint density at radius 3 is 2.52 bits per heavy atom. The van der Waals surface area contributed by atoms with Gasteiger partial charge in [-0.2, -0.15) is 0 Å². The van der Waals surface area contributed by atoms with Crippen LogP contribution in [0.25, 0.3) is 0 Å². The van der Waals surface area contributed by atoms with Crippen molar-refractivity contribution in [3.05, 3.63) is 39.9 Å². The fourth-order valence-electron chi connectivity index (χ4n) is 2.10. The standard InChI is InChI=1S/C13H15N3O5/c1-15-12(18)6-10(13(15)19)14-7-11(17)8-2-4-9(5-3-8)16(20)21/h2-5,10-11,14,17H,6-7H2,1H3. The molecule has 0 aliphatic carbocycles. The fraction of sp³-hybridized carbons (Fsp3) is 0.385. The molecule has 1 saturated heterocycles. The zero-order valence-electron chi connectivity index (χ0n) is 11.4. The van der Waals surface area contributed by atoms with Gasteiger partial charge >= 0.3 is 0 Å². The summed E-state index contributed by atoms with van der Waals surface area (Å²) in [5.41, 5.74) is 0.440. The first-order valence-corrected chi connectivity index (χ1v) is 6.36. The molecule has 1 aliphatic rings. The van der Waals surface area contributed by atoms with Crippen LogP contribution in [0.2, 0.25) is 0 Å². The van der Waals surface area contributed by atoms with E-state index in [0.29, 0.717) is 5.56 Å². The number of hydrogen-bond acceptors (Lipinski definition) is 6. The van der Waals surface area contributed by atoms with Crippen LogP contribution in [-0.2, 0) is 9.59 Å². The normalized spacial score (nSPS) is 19.9. The molecule has 0 bridgehead atoms. The summed E-state index contributed by atoms with van der Waals surface area (Å²) in [6, 6.07) is 4.89. The van der Waals surface area contributed by atoms with Crippen LogP contribution in [0, 0.1) is 10.1 Å².